The third-order valence-electron chi connectivity index (χ3n) is 4.65. The van der Waals surface area contributed by atoms with Crippen molar-refractivity contribution in [2.45, 2.75) is 51.4 Å². The van der Waals surface area contributed by atoms with Gasteiger partial charge in [0.2, 0.25) is 11.8 Å². The SMILES string of the molecule is O=C(CCCCCCCCC(=O)N/N=C/c1ccc(O)cc1)N/N=C/c1ccc(O)cc1. The number of phenols is 2. The number of carbonyl (C=O) groups excluding carboxylic acids is 2. The fourth-order valence-corrected chi connectivity index (χ4v) is 2.87. The van der Waals surface area contributed by atoms with E-state index in [1.165, 1.54) is 12.4 Å². The number of amides is 2. The quantitative estimate of drug-likeness (QED) is 0.216. The van der Waals surface area contributed by atoms with Crippen LogP contribution in [0.4, 0.5) is 0 Å². The fourth-order valence-electron chi connectivity index (χ4n) is 2.87. The number of hydrogen-bond donors (Lipinski definition) is 4. The Hall–Kier alpha value is -3.68. The van der Waals surface area contributed by atoms with E-state index in [-0.39, 0.29) is 23.3 Å². The van der Waals surface area contributed by atoms with Crippen molar-refractivity contribution in [1.82, 2.24) is 10.9 Å². The van der Waals surface area contributed by atoms with E-state index in [0.29, 0.717) is 12.8 Å². The predicted octanol–water partition coefficient (Wildman–Crippen LogP) is 3.82. The van der Waals surface area contributed by atoms with Gasteiger partial charge in [-0.05, 0) is 72.5 Å². The number of unbranched alkanes of at least 4 members (excludes halogenated alkanes) is 5. The number of carbonyl (C=O) groups is 2. The molecule has 0 unspecified atom stereocenters. The summed E-state index contributed by atoms with van der Waals surface area (Å²) in [5.74, 6) is 0.130. The van der Waals surface area contributed by atoms with Crippen molar-refractivity contribution in [3.8, 4) is 11.5 Å². The minimum absolute atomic E-state index is 0.121. The van der Waals surface area contributed by atoms with E-state index < -0.39 is 0 Å². The number of nitrogens with zero attached hydrogens (tertiary/aromatic N) is 2. The molecule has 8 nitrogen and oxygen atoms in total. The number of hydrogen-bond acceptors (Lipinski definition) is 6. The van der Waals surface area contributed by atoms with Crippen molar-refractivity contribution in [2.75, 3.05) is 0 Å². The minimum Gasteiger partial charge on any atom is -0.508 e. The standard InChI is InChI=1S/C24H30N4O4/c29-21-13-9-19(10-14-21)17-25-27-23(31)7-5-3-1-2-4-6-8-24(32)28-26-18-20-11-15-22(30)16-12-20/h9-18,29-30H,1-8H2,(H,27,31)(H,28,32)/b25-17+,26-18+. The van der Waals surface area contributed by atoms with Crippen LogP contribution in [0, 0.1) is 0 Å². The summed E-state index contributed by atoms with van der Waals surface area (Å²) in [5.41, 5.74) is 6.59. The van der Waals surface area contributed by atoms with E-state index in [4.69, 9.17) is 0 Å². The molecule has 8 heteroatoms. The Labute approximate surface area is 188 Å². The Bertz CT molecular complexity index is 818. The molecular formula is C24H30N4O4. The zero-order valence-electron chi connectivity index (χ0n) is 18.0. The van der Waals surface area contributed by atoms with Crippen molar-refractivity contribution >= 4 is 24.2 Å². The van der Waals surface area contributed by atoms with Gasteiger partial charge >= 0.3 is 0 Å². The molecule has 0 spiro atoms. The van der Waals surface area contributed by atoms with Gasteiger partial charge in [-0.25, -0.2) is 10.9 Å². The van der Waals surface area contributed by atoms with E-state index in [1.54, 1.807) is 48.5 Å². The molecule has 0 aliphatic rings. The summed E-state index contributed by atoms with van der Waals surface area (Å²) in [4.78, 5) is 23.5. The second kappa shape index (κ2) is 14.3. The van der Waals surface area contributed by atoms with Crippen LogP contribution in [-0.2, 0) is 9.59 Å². The minimum atomic E-state index is -0.121. The van der Waals surface area contributed by atoms with Gasteiger partial charge < -0.3 is 10.2 Å². The molecule has 0 saturated carbocycles. The highest BCUT2D eigenvalue weighted by Gasteiger charge is 2.01. The van der Waals surface area contributed by atoms with E-state index >= 15 is 0 Å². The summed E-state index contributed by atoms with van der Waals surface area (Å²) >= 11 is 0. The van der Waals surface area contributed by atoms with Crippen LogP contribution in [0.25, 0.3) is 0 Å². The van der Waals surface area contributed by atoms with Crippen molar-refractivity contribution < 1.29 is 19.8 Å². The zero-order chi connectivity index (χ0) is 23.0. The molecule has 2 amide bonds. The molecule has 2 aromatic rings. The van der Waals surface area contributed by atoms with Crippen LogP contribution < -0.4 is 10.9 Å². The van der Waals surface area contributed by atoms with Crippen LogP contribution in [0.3, 0.4) is 0 Å². The average Bonchev–Trinajstić information content (AvgIpc) is 2.78. The lowest BCUT2D eigenvalue weighted by Crippen LogP contribution is -2.17. The maximum atomic E-state index is 11.8. The first-order valence-electron chi connectivity index (χ1n) is 10.7. The third-order valence-corrected chi connectivity index (χ3v) is 4.65. The summed E-state index contributed by atoms with van der Waals surface area (Å²) in [6.07, 6.45) is 9.47. The molecule has 0 radical (unpaired) electrons. The maximum Gasteiger partial charge on any atom is 0.240 e. The smallest absolute Gasteiger partial charge is 0.240 e. The molecule has 170 valence electrons. The summed E-state index contributed by atoms with van der Waals surface area (Å²) in [6.45, 7) is 0. The topological polar surface area (TPSA) is 123 Å². The Morgan fingerprint density at radius 2 is 0.969 bits per heavy atom. The Morgan fingerprint density at radius 1 is 0.625 bits per heavy atom. The van der Waals surface area contributed by atoms with Gasteiger partial charge in [0.1, 0.15) is 11.5 Å². The lowest BCUT2D eigenvalue weighted by molar-refractivity contribution is -0.122. The number of rotatable bonds is 13. The summed E-state index contributed by atoms with van der Waals surface area (Å²) in [7, 11) is 0. The number of hydrazone groups is 2. The highest BCUT2D eigenvalue weighted by Crippen LogP contribution is 2.10. The Balaban J connectivity index is 1.43. The highest BCUT2D eigenvalue weighted by atomic mass is 16.3. The lowest BCUT2D eigenvalue weighted by atomic mass is 10.1. The van der Waals surface area contributed by atoms with Crippen LogP contribution in [-0.4, -0.2) is 34.5 Å². The Kier molecular flexibility index (Phi) is 11.0. The van der Waals surface area contributed by atoms with Crippen LogP contribution in [0.5, 0.6) is 11.5 Å². The second-order valence-electron chi connectivity index (χ2n) is 7.39. The summed E-state index contributed by atoms with van der Waals surface area (Å²) in [6, 6.07) is 13.1. The van der Waals surface area contributed by atoms with Crippen molar-refractivity contribution in [3.63, 3.8) is 0 Å². The number of phenolic OH excluding ortho intramolecular Hbond substituents is 2. The largest absolute Gasteiger partial charge is 0.508 e. The molecular weight excluding hydrogens is 408 g/mol. The molecule has 0 aliphatic carbocycles. The summed E-state index contributed by atoms with van der Waals surface area (Å²) in [5, 5.41) is 26.2. The van der Waals surface area contributed by atoms with Crippen LogP contribution >= 0.6 is 0 Å². The maximum absolute atomic E-state index is 11.8. The second-order valence-corrected chi connectivity index (χ2v) is 7.39. The van der Waals surface area contributed by atoms with Gasteiger partial charge in [-0.15, -0.1) is 0 Å². The fraction of sp³-hybridized carbons (Fsp3) is 0.333. The Morgan fingerprint density at radius 3 is 1.34 bits per heavy atom. The average molecular weight is 439 g/mol. The van der Waals surface area contributed by atoms with E-state index in [0.717, 1.165) is 49.7 Å². The molecule has 0 fully saturated rings. The molecule has 0 aromatic heterocycles. The van der Waals surface area contributed by atoms with Gasteiger partial charge in [-0.3, -0.25) is 9.59 Å². The number of benzene rings is 2. The third kappa shape index (κ3) is 10.9. The van der Waals surface area contributed by atoms with Crippen molar-refractivity contribution in [2.24, 2.45) is 10.2 Å². The summed E-state index contributed by atoms with van der Waals surface area (Å²) < 4.78 is 0. The van der Waals surface area contributed by atoms with Crippen LogP contribution in [0.1, 0.15) is 62.5 Å². The van der Waals surface area contributed by atoms with Crippen molar-refractivity contribution in [3.05, 3.63) is 59.7 Å². The van der Waals surface area contributed by atoms with Gasteiger partial charge in [-0.1, -0.05) is 25.7 Å². The molecule has 0 saturated heterocycles. The van der Waals surface area contributed by atoms with Gasteiger partial charge in [0.05, 0.1) is 12.4 Å². The van der Waals surface area contributed by atoms with Gasteiger partial charge in [0, 0.05) is 12.8 Å². The molecule has 2 aromatic carbocycles. The van der Waals surface area contributed by atoms with E-state index in [2.05, 4.69) is 21.1 Å². The molecule has 4 N–H and O–H groups in total. The van der Waals surface area contributed by atoms with Crippen molar-refractivity contribution in [1.29, 1.82) is 0 Å². The predicted molar refractivity (Wildman–Crippen MR) is 125 cm³/mol. The van der Waals surface area contributed by atoms with Gasteiger partial charge in [-0.2, -0.15) is 10.2 Å². The van der Waals surface area contributed by atoms with E-state index in [9.17, 15) is 19.8 Å². The first-order chi connectivity index (χ1) is 15.5. The monoisotopic (exact) mass is 438 g/mol. The van der Waals surface area contributed by atoms with Gasteiger partial charge in [0.15, 0.2) is 0 Å². The van der Waals surface area contributed by atoms with Crippen LogP contribution in [0.15, 0.2) is 58.7 Å². The molecule has 0 atom stereocenters. The molecule has 2 rings (SSSR count). The first-order valence-corrected chi connectivity index (χ1v) is 10.7. The number of aromatic hydroxyl groups is 2. The zero-order valence-corrected chi connectivity index (χ0v) is 18.0. The van der Waals surface area contributed by atoms with Gasteiger partial charge in [0.25, 0.3) is 0 Å². The van der Waals surface area contributed by atoms with Crippen LogP contribution in [0.2, 0.25) is 0 Å². The lowest BCUT2D eigenvalue weighted by Gasteiger charge is -2.02. The highest BCUT2D eigenvalue weighted by molar-refractivity contribution is 5.83. The normalized spacial score (nSPS) is 11.1. The molecule has 0 bridgehead atoms. The van der Waals surface area contributed by atoms with E-state index in [1.807, 2.05) is 0 Å². The first kappa shape index (κ1) is 24.6. The molecule has 0 aliphatic heterocycles. The molecule has 0 heterocycles. The number of nitrogens with one attached hydrogen (secondary N) is 2. The molecule has 32 heavy (non-hydrogen) atoms.